The Balaban J connectivity index is 1.83. The first-order valence-electron chi connectivity index (χ1n) is 17.6. The summed E-state index contributed by atoms with van der Waals surface area (Å²) in [4.78, 5) is 45.6. The van der Waals surface area contributed by atoms with Crippen molar-refractivity contribution in [3.8, 4) is 0 Å². The minimum atomic E-state index is -3.13. The van der Waals surface area contributed by atoms with Crippen LogP contribution in [-0.4, -0.2) is 55.0 Å². The predicted octanol–water partition coefficient (Wildman–Crippen LogP) is 7.66. The van der Waals surface area contributed by atoms with Crippen molar-refractivity contribution in [2.75, 3.05) is 6.61 Å². The van der Waals surface area contributed by atoms with Gasteiger partial charge < -0.3 is 14.1 Å². The van der Waals surface area contributed by atoms with Gasteiger partial charge in [0.2, 0.25) is 5.91 Å². The lowest BCUT2D eigenvalue weighted by Crippen LogP contribution is -2.69. The zero-order chi connectivity index (χ0) is 37.0. The van der Waals surface area contributed by atoms with Crippen LogP contribution in [-0.2, 0) is 18.8 Å². The minimum absolute atomic E-state index is 0.0152. The van der Waals surface area contributed by atoms with Gasteiger partial charge in [-0.15, -0.1) is 0 Å². The summed E-state index contributed by atoms with van der Waals surface area (Å²) in [5.41, 5.74) is 1.85. The van der Waals surface area contributed by atoms with Gasteiger partial charge in [-0.25, -0.2) is 4.79 Å². The number of ketones is 1. The molecule has 0 spiro atoms. The maximum Gasteiger partial charge on any atom is 0.356 e. The molecule has 1 saturated heterocycles. The smallest absolute Gasteiger partial charge is 0.356 e. The summed E-state index contributed by atoms with van der Waals surface area (Å²) in [7, 11) is -2.32. The Morgan fingerprint density at radius 2 is 1.31 bits per heavy atom. The zero-order valence-electron chi connectivity index (χ0n) is 30.8. The summed E-state index contributed by atoms with van der Waals surface area (Å²) in [6.07, 6.45) is 1.05. The van der Waals surface area contributed by atoms with Gasteiger partial charge in [0.25, 0.3) is 0 Å². The van der Waals surface area contributed by atoms with Crippen molar-refractivity contribution in [2.24, 2.45) is 5.92 Å². The number of aryl methyl sites for hydroxylation is 1. The molecule has 0 bridgehead atoms. The van der Waals surface area contributed by atoms with Crippen molar-refractivity contribution in [1.82, 2.24) is 4.90 Å². The Hall–Kier alpha value is -4.29. The van der Waals surface area contributed by atoms with Crippen LogP contribution >= 0.6 is 6.89 Å². The number of nitrogens with zero attached hydrogens (tertiary/aromatic N) is 1. The fraction of sp³-hybridized carbons (Fsp3) is 0.302. The normalized spacial score (nSPS) is 16.9. The van der Waals surface area contributed by atoms with E-state index in [1.807, 2.05) is 129 Å². The third kappa shape index (κ3) is 7.53. The molecule has 1 heterocycles. The summed E-state index contributed by atoms with van der Waals surface area (Å²) < 4.78 is 12.8. The molecule has 0 aromatic heterocycles. The average Bonchev–Trinajstić information content (AvgIpc) is 3.11. The van der Waals surface area contributed by atoms with Crippen molar-refractivity contribution in [3.63, 3.8) is 0 Å². The van der Waals surface area contributed by atoms with Crippen molar-refractivity contribution < 1.29 is 23.5 Å². The Kier molecular flexibility index (Phi) is 11.6. The van der Waals surface area contributed by atoms with Crippen LogP contribution in [0.1, 0.15) is 50.0 Å². The molecule has 1 aliphatic rings. The highest BCUT2D eigenvalue weighted by Gasteiger charge is 2.57. The molecule has 0 unspecified atom stereocenters. The predicted molar refractivity (Wildman–Crippen MR) is 213 cm³/mol. The van der Waals surface area contributed by atoms with Gasteiger partial charge in [0, 0.05) is 18.9 Å². The van der Waals surface area contributed by atoms with E-state index in [1.54, 1.807) is 4.90 Å². The second-order valence-electron chi connectivity index (χ2n) is 14.8. The summed E-state index contributed by atoms with van der Waals surface area (Å²) in [5, 5.41) is 2.57. The Morgan fingerprint density at radius 1 is 0.843 bits per heavy atom. The van der Waals surface area contributed by atoms with Crippen LogP contribution in [0, 0.1) is 12.8 Å². The molecule has 0 aliphatic carbocycles. The number of likely N-dealkylation sites (tertiary alicyclic amines) is 1. The molecule has 0 radical (unpaired) electrons. The van der Waals surface area contributed by atoms with E-state index in [4.69, 9.17) is 9.16 Å². The monoisotopic (exact) mass is 719 g/mol. The van der Waals surface area contributed by atoms with E-state index in [1.165, 1.54) is 6.08 Å². The highest BCUT2D eigenvalue weighted by Crippen LogP contribution is 2.50. The first-order valence-corrected chi connectivity index (χ1v) is 22.3. The lowest BCUT2D eigenvalue weighted by Gasteiger charge is -2.53. The van der Waals surface area contributed by atoms with E-state index in [0.29, 0.717) is 5.56 Å². The maximum atomic E-state index is 15.0. The molecule has 1 amide bonds. The van der Waals surface area contributed by atoms with E-state index in [9.17, 15) is 14.4 Å². The number of esters is 1. The molecule has 266 valence electrons. The zero-order valence-corrected chi connectivity index (χ0v) is 32.7. The van der Waals surface area contributed by atoms with Gasteiger partial charge in [0.05, 0.1) is 18.1 Å². The topological polar surface area (TPSA) is 72.9 Å². The van der Waals surface area contributed by atoms with Gasteiger partial charge >= 0.3 is 5.97 Å². The third-order valence-corrected chi connectivity index (χ3v) is 19.1. The summed E-state index contributed by atoms with van der Waals surface area (Å²) >= 11 is 0. The van der Waals surface area contributed by atoms with E-state index in [2.05, 4.69) is 40.4 Å². The molecule has 1 aliphatic heterocycles. The van der Waals surface area contributed by atoms with Gasteiger partial charge in [-0.1, -0.05) is 154 Å². The summed E-state index contributed by atoms with van der Waals surface area (Å²) in [6.45, 7) is 15.4. The van der Waals surface area contributed by atoms with Crippen LogP contribution < -0.4 is 15.9 Å². The van der Waals surface area contributed by atoms with Gasteiger partial charge in [-0.2, -0.15) is 0 Å². The van der Waals surface area contributed by atoms with Crippen LogP contribution in [0.25, 0.3) is 0 Å². The van der Waals surface area contributed by atoms with Gasteiger partial charge in [0.15, 0.2) is 14.1 Å². The molecule has 0 saturated carbocycles. The first-order chi connectivity index (χ1) is 24.2. The Morgan fingerprint density at radius 3 is 1.75 bits per heavy atom. The van der Waals surface area contributed by atoms with Gasteiger partial charge in [0.1, 0.15) is 12.0 Å². The third-order valence-electron chi connectivity index (χ3n) is 10.3. The van der Waals surface area contributed by atoms with E-state index in [0.717, 1.165) is 21.5 Å². The number of rotatable bonds is 13. The van der Waals surface area contributed by atoms with Gasteiger partial charge in [-0.3, -0.25) is 9.59 Å². The van der Waals surface area contributed by atoms with Crippen LogP contribution in [0.3, 0.4) is 0 Å². The number of benzene rings is 4. The quantitative estimate of drug-likeness (QED) is 0.0355. The number of carbonyl (C=O) groups is 3. The van der Waals surface area contributed by atoms with Crippen LogP contribution in [0.4, 0.5) is 0 Å². The average molecular weight is 720 g/mol. The van der Waals surface area contributed by atoms with E-state index in [-0.39, 0.29) is 35.2 Å². The second-order valence-corrected chi connectivity index (χ2v) is 22.8. The first kappa shape index (κ1) is 37.9. The maximum absolute atomic E-state index is 15.0. The molecule has 4 aromatic rings. The van der Waals surface area contributed by atoms with Crippen LogP contribution in [0.15, 0.2) is 128 Å². The molecule has 3 atom stereocenters. The number of carbonyl (C=O) groups excluding carboxylic acids is 3. The summed E-state index contributed by atoms with van der Waals surface area (Å²) in [5.74, 6) is -1.62. The molecule has 8 heteroatoms. The van der Waals surface area contributed by atoms with Crippen LogP contribution in [0.5, 0.6) is 0 Å². The molecule has 6 nitrogen and oxygen atoms in total. The molecule has 4 aromatic carbocycles. The van der Waals surface area contributed by atoms with Crippen LogP contribution in [0.2, 0.25) is 18.1 Å². The highest BCUT2D eigenvalue weighted by molar-refractivity contribution is 7.96. The Bertz CT molecular complexity index is 1810. The van der Waals surface area contributed by atoms with Gasteiger partial charge in [-0.05, 0) is 47.9 Å². The lowest BCUT2D eigenvalue weighted by molar-refractivity contribution is -0.156. The van der Waals surface area contributed by atoms with E-state index < -0.39 is 39.2 Å². The van der Waals surface area contributed by atoms with Crippen molar-refractivity contribution >= 4 is 54.2 Å². The number of hydrogen-bond donors (Lipinski definition) is 0. The van der Waals surface area contributed by atoms with Crippen molar-refractivity contribution in [1.29, 1.82) is 0 Å². The minimum Gasteiger partial charge on any atom is -0.457 e. The molecule has 0 N–H and O–H groups in total. The Labute approximate surface area is 304 Å². The number of β-lactam (4-membered cyclic amide) rings is 1. The van der Waals surface area contributed by atoms with Crippen molar-refractivity contribution in [2.45, 2.75) is 71.3 Å². The lowest BCUT2D eigenvalue weighted by atomic mass is 9.79. The molecular formula is C43H50NO5PSi. The van der Waals surface area contributed by atoms with Crippen molar-refractivity contribution in [3.05, 3.63) is 139 Å². The number of hydrogen-bond acceptors (Lipinski definition) is 5. The summed E-state index contributed by atoms with van der Waals surface area (Å²) in [6, 6.07) is 36.5. The van der Waals surface area contributed by atoms with E-state index >= 15 is 0 Å². The fourth-order valence-electron chi connectivity index (χ4n) is 6.69. The molecular weight excluding hydrogens is 670 g/mol. The molecule has 51 heavy (non-hydrogen) atoms. The molecule has 1 fully saturated rings. The SMILES string of the molecule is C=CCOC(=O)C(N1C(=O)[C@H]([C@H](C)O[Si](C)(C)C(C)(C)C)[C@H]1CC(=O)c1ccc(C)cc1)=P(c1ccccc1)(c1ccccc1)c1ccccc1. The highest BCUT2D eigenvalue weighted by atomic mass is 31.2. The second kappa shape index (κ2) is 15.5. The standard InChI is InChI=1S/C43H50NO5PSi/c1-9-29-48-42(47)41(50(34-19-13-10-14-20-34,35-21-15-11-16-22-35)36-23-17-12-18-24-36)44-37(30-38(45)33-27-25-31(2)26-28-33)39(40(44)46)32(3)49-51(7,8)43(4,5)6/h9-28,32,37,39H,1,29-30H2,2-8H3/t32-,37+,39+/m0/s1. The number of ether oxygens (including phenoxy) is 1. The largest absolute Gasteiger partial charge is 0.457 e. The number of Topliss-reactive ketones (excluding diaryl/α,β-unsaturated/α-hetero) is 1. The number of amides is 1. The molecule has 5 rings (SSSR count). The fourth-order valence-corrected chi connectivity index (χ4v) is 12.5.